The summed E-state index contributed by atoms with van der Waals surface area (Å²) in [7, 11) is 2.48. The van der Waals surface area contributed by atoms with Crippen LogP contribution in [0.4, 0.5) is 13.6 Å². The van der Waals surface area contributed by atoms with Crippen LogP contribution in [-0.2, 0) is 9.53 Å². The lowest BCUT2D eigenvalue weighted by atomic mass is 9.94. The maximum absolute atomic E-state index is 12.6. The lowest BCUT2D eigenvalue weighted by Crippen LogP contribution is -2.47. The minimum atomic E-state index is -3.09. The zero-order valence-corrected chi connectivity index (χ0v) is 15.9. The van der Waals surface area contributed by atoms with Gasteiger partial charge in [0, 0.05) is 12.2 Å². The van der Waals surface area contributed by atoms with Crippen LogP contribution < -0.4 is 14.8 Å². The fraction of sp³-hybridized carbons (Fsp3) is 0.412. The lowest BCUT2D eigenvalue weighted by molar-refractivity contribution is -0.136. The topological polar surface area (TPSA) is 77.1 Å². The van der Waals surface area contributed by atoms with Gasteiger partial charge in [-0.1, -0.05) is 11.6 Å². The first-order valence-corrected chi connectivity index (χ1v) is 8.32. The molecule has 0 bridgehead atoms. The van der Waals surface area contributed by atoms with Gasteiger partial charge in [-0.05, 0) is 31.5 Å². The van der Waals surface area contributed by atoms with E-state index in [-0.39, 0.29) is 22.1 Å². The Hall–Kier alpha value is -2.55. The van der Waals surface area contributed by atoms with E-state index in [0.29, 0.717) is 17.8 Å². The normalized spacial score (nSPS) is 17.1. The van der Waals surface area contributed by atoms with Crippen LogP contribution in [0.2, 0.25) is 5.02 Å². The van der Waals surface area contributed by atoms with Crippen molar-refractivity contribution in [3.8, 4) is 11.5 Å². The smallest absolute Gasteiger partial charge is 0.387 e. The number of esters is 1. The van der Waals surface area contributed by atoms with Gasteiger partial charge in [-0.2, -0.15) is 8.78 Å². The molecule has 0 aromatic heterocycles. The van der Waals surface area contributed by atoms with Crippen LogP contribution >= 0.6 is 11.6 Å². The first kappa shape index (κ1) is 20.8. The molecule has 0 aliphatic carbocycles. The minimum absolute atomic E-state index is 0.0631. The van der Waals surface area contributed by atoms with Crippen molar-refractivity contribution in [1.29, 1.82) is 0 Å². The highest BCUT2D eigenvalue weighted by Gasteiger charge is 2.36. The highest BCUT2D eigenvalue weighted by atomic mass is 35.5. The summed E-state index contributed by atoms with van der Waals surface area (Å²) >= 11 is 6.07. The molecule has 1 heterocycles. The van der Waals surface area contributed by atoms with Gasteiger partial charge in [0.05, 0.1) is 30.9 Å². The molecule has 0 fully saturated rings. The summed E-state index contributed by atoms with van der Waals surface area (Å²) in [6.07, 6.45) is 0. The lowest BCUT2D eigenvalue weighted by Gasteiger charge is -2.34. The summed E-state index contributed by atoms with van der Waals surface area (Å²) in [5, 5.41) is 2.54. The fourth-order valence-electron chi connectivity index (χ4n) is 2.90. The molecule has 1 N–H and O–H groups in total. The molecular formula is C17H19ClF2N2O5. The van der Waals surface area contributed by atoms with E-state index in [9.17, 15) is 18.4 Å². The second-order valence-corrected chi connectivity index (χ2v) is 5.94. The Morgan fingerprint density at radius 3 is 2.56 bits per heavy atom. The van der Waals surface area contributed by atoms with Gasteiger partial charge < -0.3 is 19.5 Å². The standard InChI is InChI=1S/C17H19ClF2N2O5/c1-5-22-8(2)12(15(23)26-4)13(21-17(22)24)9-6-10(18)14(27-16(19)20)11(7-9)25-3/h6-7,13,16H,5H2,1-4H3,(H,21,24)/t13-/m1/s1. The van der Waals surface area contributed by atoms with Gasteiger partial charge in [-0.3, -0.25) is 4.90 Å². The number of urea groups is 1. The van der Waals surface area contributed by atoms with Gasteiger partial charge in [0.25, 0.3) is 0 Å². The van der Waals surface area contributed by atoms with E-state index in [4.69, 9.17) is 21.1 Å². The Balaban J connectivity index is 2.61. The number of allylic oxidation sites excluding steroid dienone is 1. The molecule has 0 unspecified atom stereocenters. The van der Waals surface area contributed by atoms with Crippen molar-refractivity contribution in [2.45, 2.75) is 26.5 Å². The largest absolute Gasteiger partial charge is 0.493 e. The molecule has 1 aliphatic rings. The number of hydrogen-bond donors (Lipinski definition) is 1. The van der Waals surface area contributed by atoms with E-state index in [1.165, 1.54) is 31.3 Å². The number of benzene rings is 1. The third-order valence-electron chi connectivity index (χ3n) is 4.11. The van der Waals surface area contributed by atoms with E-state index in [1.807, 2.05) is 0 Å². The first-order valence-electron chi connectivity index (χ1n) is 7.94. The van der Waals surface area contributed by atoms with E-state index >= 15 is 0 Å². The van der Waals surface area contributed by atoms with Crippen molar-refractivity contribution in [3.63, 3.8) is 0 Å². The fourth-order valence-corrected chi connectivity index (χ4v) is 3.16. The molecule has 7 nitrogen and oxygen atoms in total. The van der Waals surface area contributed by atoms with Gasteiger partial charge in [-0.25, -0.2) is 9.59 Å². The van der Waals surface area contributed by atoms with Crippen molar-refractivity contribution in [2.75, 3.05) is 20.8 Å². The molecule has 2 rings (SSSR count). The van der Waals surface area contributed by atoms with Crippen molar-refractivity contribution < 1.29 is 32.6 Å². The highest BCUT2D eigenvalue weighted by molar-refractivity contribution is 6.32. The molecule has 0 saturated carbocycles. The SMILES string of the molecule is CCN1C(=O)N[C@H](c2cc(Cl)c(OC(F)F)c(OC)c2)C(C(=O)OC)=C1C. The number of hydrogen-bond acceptors (Lipinski definition) is 5. The number of nitrogens with one attached hydrogen (secondary N) is 1. The quantitative estimate of drug-likeness (QED) is 0.734. The second-order valence-electron chi connectivity index (χ2n) is 5.53. The summed E-state index contributed by atoms with van der Waals surface area (Å²) < 4.78 is 39.5. The molecule has 1 aliphatic heterocycles. The molecule has 10 heteroatoms. The van der Waals surface area contributed by atoms with Crippen molar-refractivity contribution in [1.82, 2.24) is 10.2 Å². The van der Waals surface area contributed by atoms with Crippen LogP contribution in [0, 0.1) is 0 Å². The molecule has 2 amide bonds. The predicted octanol–water partition coefficient (Wildman–Crippen LogP) is 3.48. The summed E-state index contributed by atoms with van der Waals surface area (Å²) in [6.45, 7) is 0.627. The third-order valence-corrected chi connectivity index (χ3v) is 4.39. The zero-order valence-electron chi connectivity index (χ0n) is 15.1. The molecule has 0 saturated heterocycles. The average molecular weight is 405 g/mol. The number of carbonyl (C=O) groups excluding carboxylic acids is 2. The summed E-state index contributed by atoms with van der Waals surface area (Å²) in [5.41, 5.74) is 0.961. The van der Waals surface area contributed by atoms with Gasteiger partial charge in [-0.15, -0.1) is 0 Å². The maximum Gasteiger partial charge on any atom is 0.387 e. The molecule has 1 aromatic carbocycles. The van der Waals surface area contributed by atoms with E-state index < -0.39 is 24.7 Å². The molecule has 27 heavy (non-hydrogen) atoms. The van der Waals surface area contributed by atoms with E-state index in [2.05, 4.69) is 10.1 Å². The molecular weight excluding hydrogens is 386 g/mol. The number of methoxy groups -OCH3 is 2. The Morgan fingerprint density at radius 1 is 1.37 bits per heavy atom. The number of halogens is 3. The number of carbonyl (C=O) groups is 2. The number of amides is 2. The van der Waals surface area contributed by atoms with Crippen LogP contribution in [0.15, 0.2) is 23.4 Å². The molecule has 148 valence electrons. The van der Waals surface area contributed by atoms with Crippen LogP contribution in [0.25, 0.3) is 0 Å². The molecule has 1 atom stereocenters. The third kappa shape index (κ3) is 4.08. The number of alkyl halides is 2. The van der Waals surface area contributed by atoms with Crippen LogP contribution in [0.5, 0.6) is 11.5 Å². The summed E-state index contributed by atoms with van der Waals surface area (Å²) in [4.78, 5) is 26.1. The zero-order chi connectivity index (χ0) is 20.3. The summed E-state index contributed by atoms with van der Waals surface area (Å²) in [5.74, 6) is -1.04. The van der Waals surface area contributed by atoms with Gasteiger partial charge >= 0.3 is 18.6 Å². The first-order chi connectivity index (χ1) is 12.7. The van der Waals surface area contributed by atoms with Gasteiger partial charge in [0.1, 0.15) is 0 Å². The van der Waals surface area contributed by atoms with Crippen molar-refractivity contribution >= 4 is 23.6 Å². The van der Waals surface area contributed by atoms with Crippen LogP contribution in [0.3, 0.4) is 0 Å². The second kappa shape index (κ2) is 8.43. The Labute approximate surface area is 159 Å². The Morgan fingerprint density at radius 2 is 2.04 bits per heavy atom. The molecule has 0 spiro atoms. The molecule has 1 aromatic rings. The van der Waals surface area contributed by atoms with Crippen LogP contribution in [0.1, 0.15) is 25.5 Å². The van der Waals surface area contributed by atoms with E-state index in [1.54, 1.807) is 13.8 Å². The van der Waals surface area contributed by atoms with Gasteiger partial charge in [0.15, 0.2) is 11.5 Å². The number of rotatable bonds is 6. The minimum Gasteiger partial charge on any atom is -0.493 e. The Bertz CT molecular complexity index is 785. The monoisotopic (exact) mass is 404 g/mol. The molecule has 0 radical (unpaired) electrons. The van der Waals surface area contributed by atoms with Gasteiger partial charge in [0.2, 0.25) is 0 Å². The van der Waals surface area contributed by atoms with Crippen LogP contribution in [-0.4, -0.2) is 44.3 Å². The number of nitrogens with zero attached hydrogens (tertiary/aromatic N) is 1. The van der Waals surface area contributed by atoms with Crippen molar-refractivity contribution in [3.05, 3.63) is 34.0 Å². The van der Waals surface area contributed by atoms with Crippen molar-refractivity contribution in [2.24, 2.45) is 0 Å². The highest BCUT2D eigenvalue weighted by Crippen LogP contribution is 2.41. The predicted molar refractivity (Wildman–Crippen MR) is 93.0 cm³/mol. The number of ether oxygens (including phenoxy) is 3. The maximum atomic E-state index is 12.6. The summed E-state index contributed by atoms with van der Waals surface area (Å²) in [6, 6.07) is 1.37. The average Bonchev–Trinajstić information content (AvgIpc) is 2.62. The van der Waals surface area contributed by atoms with E-state index in [0.717, 1.165) is 0 Å². The Kier molecular flexibility index (Phi) is 6.48.